The first-order valence-electron chi connectivity index (χ1n) is 8.08. The molecule has 8 unspecified atom stereocenters. The summed E-state index contributed by atoms with van der Waals surface area (Å²) in [5, 5.41) is 48.5. The summed E-state index contributed by atoms with van der Waals surface area (Å²) in [5.74, 6) is 0.572. The highest BCUT2D eigenvalue weighted by Gasteiger charge is 2.56. The van der Waals surface area contributed by atoms with Gasteiger partial charge in [0.05, 0.1) is 19.3 Å². The number of hydrogen-bond acceptors (Lipinski definition) is 7. The van der Waals surface area contributed by atoms with Gasteiger partial charge in [0, 0.05) is 0 Å². The van der Waals surface area contributed by atoms with E-state index in [1.165, 1.54) is 0 Å². The van der Waals surface area contributed by atoms with Crippen molar-refractivity contribution < 1.29 is 35.0 Å². The molecule has 7 nitrogen and oxygen atoms in total. The Labute approximate surface area is 135 Å². The number of aliphatic hydroxyl groups excluding tert-OH is 5. The number of rotatable bonds is 4. The normalized spacial score (nSPS) is 48.6. The Morgan fingerprint density at radius 3 is 2.43 bits per heavy atom. The predicted octanol–water partition coefficient (Wildman–Crippen LogP) is -1.23. The van der Waals surface area contributed by atoms with Gasteiger partial charge in [-0.2, -0.15) is 0 Å². The molecule has 1 saturated carbocycles. The van der Waals surface area contributed by atoms with E-state index in [-0.39, 0.29) is 24.0 Å². The first-order valence-corrected chi connectivity index (χ1v) is 8.08. The van der Waals surface area contributed by atoms with E-state index in [4.69, 9.17) is 9.47 Å². The van der Waals surface area contributed by atoms with Crippen molar-refractivity contribution in [2.45, 2.75) is 57.1 Å². The molecule has 1 aliphatic heterocycles. The quantitative estimate of drug-likeness (QED) is 0.409. The van der Waals surface area contributed by atoms with Gasteiger partial charge in [-0.1, -0.05) is 19.9 Å². The maximum atomic E-state index is 10.1. The topological polar surface area (TPSA) is 120 Å². The summed E-state index contributed by atoms with van der Waals surface area (Å²) in [6, 6.07) is 0. The van der Waals surface area contributed by atoms with Crippen molar-refractivity contribution in [3.63, 3.8) is 0 Å². The van der Waals surface area contributed by atoms with Gasteiger partial charge in [-0.15, -0.1) is 0 Å². The number of aliphatic hydroxyl groups is 5. The fraction of sp³-hybridized carbons (Fsp3) is 0.875. The van der Waals surface area contributed by atoms with E-state index >= 15 is 0 Å². The van der Waals surface area contributed by atoms with Crippen molar-refractivity contribution in [2.24, 2.45) is 17.3 Å². The molecule has 3 aliphatic carbocycles. The Kier molecular flexibility index (Phi) is 4.57. The van der Waals surface area contributed by atoms with Crippen LogP contribution in [0, 0.1) is 17.3 Å². The van der Waals surface area contributed by atoms with Crippen LogP contribution >= 0.6 is 0 Å². The fourth-order valence-electron chi connectivity index (χ4n) is 4.22. The van der Waals surface area contributed by atoms with Gasteiger partial charge in [0.15, 0.2) is 6.29 Å². The zero-order chi connectivity index (χ0) is 16.9. The molecule has 2 bridgehead atoms. The van der Waals surface area contributed by atoms with Gasteiger partial charge in [-0.25, -0.2) is 0 Å². The Bertz CT molecular complexity index is 475. The molecule has 132 valence electrons. The molecule has 2 fully saturated rings. The molecule has 0 spiro atoms. The molecule has 4 rings (SSSR count). The van der Waals surface area contributed by atoms with Gasteiger partial charge in [-0.05, 0) is 29.2 Å². The van der Waals surface area contributed by atoms with Crippen molar-refractivity contribution in [2.75, 3.05) is 13.2 Å². The molecule has 1 saturated heterocycles. The zero-order valence-corrected chi connectivity index (χ0v) is 13.4. The van der Waals surface area contributed by atoms with Gasteiger partial charge < -0.3 is 35.0 Å². The van der Waals surface area contributed by atoms with E-state index in [1.54, 1.807) is 0 Å². The van der Waals surface area contributed by atoms with Crippen LogP contribution in [0.1, 0.15) is 20.3 Å². The minimum atomic E-state index is -1.45. The maximum Gasteiger partial charge on any atom is 0.187 e. The van der Waals surface area contributed by atoms with Crippen molar-refractivity contribution in [3.8, 4) is 0 Å². The minimum Gasteiger partial charge on any atom is -0.394 e. The van der Waals surface area contributed by atoms with Crippen molar-refractivity contribution >= 4 is 0 Å². The predicted molar refractivity (Wildman–Crippen MR) is 79.2 cm³/mol. The first kappa shape index (κ1) is 17.3. The second-order valence-corrected chi connectivity index (χ2v) is 7.41. The summed E-state index contributed by atoms with van der Waals surface area (Å²) in [7, 11) is 0. The monoisotopic (exact) mass is 330 g/mol. The number of fused-ring (bicyclic) bond motifs is 1. The minimum absolute atomic E-state index is 0.00832. The van der Waals surface area contributed by atoms with Crippen LogP contribution < -0.4 is 0 Å². The molecule has 0 amide bonds. The van der Waals surface area contributed by atoms with Gasteiger partial charge in [0.1, 0.15) is 24.4 Å². The first-order chi connectivity index (χ1) is 10.8. The van der Waals surface area contributed by atoms with Crippen LogP contribution in [0.25, 0.3) is 0 Å². The Hall–Kier alpha value is -0.540. The molecule has 0 radical (unpaired) electrons. The Balaban J connectivity index is 1.76. The van der Waals surface area contributed by atoms with Gasteiger partial charge in [0.25, 0.3) is 0 Å². The van der Waals surface area contributed by atoms with Crippen LogP contribution in [0.15, 0.2) is 11.6 Å². The molecule has 0 aromatic rings. The summed E-state index contributed by atoms with van der Waals surface area (Å²) in [6.07, 6.45) is -3.94. The lowest BCUT2D eigenvalue weighted by molar-refractivity contribution is -0.318. The van der Waals surface area contributed by atoms with Crippen LogP contribution in [0.3, 0.4) is 0 Å². The highest BCUT2D eigenvalue weighted by Crippen LogP contribution is 2.59. The Morgan fingerprint density at radius 1 is 1.17 bits per heavy atom. The van der Waals surface area contributed by atoms with E-state index < -0.39 is 37.3 Å². The van der Waals surface area contributed by atoms with E-state index in [2.05, 4.69) is 13.8 Å². The molecular formula is C16H26O7. The molecular weight excluding hydrogens is 304 g/mol. The third kappa shape index (κ3) is 2.64. The van der Waals surface area contributed by atoms with Gasteiger partial charge in [-0.3, -0.25) is 0 Å². The lowest BCUT2D eigenvalue weighted by Gasteiger charge is -2.59. The smallest absolute Gasteiger partial charge is 0.187 e. The third-order valence-electron chi connectivity index (χ3n) is 5.89. The van der Waals surface area contributed by atoms with Gasteiger partial charge >= 0.3 is 0 Å². The molecule has 4 aliphatic rings. The summed E-state index contributed by atoms with van der Waals surface area (Å²) in [5.41, 5.74) is 0.915. The van der Waals surface area contributed by atoms with E-state index in [0.717, 1.165) is 12.0 Å². The second kappa shape index (κ2) is 6.07. The van der Waals surface area contributed by atoms with E-state index in [0.29, 0.717) is 5.92 Å². The van der Waals surface area contributed by atoms with Crippen molar-refractivity contribution in [1.82, 2.24) is 0 Å². The van der Waals surface area contributed by atoms with Crippen LogP contribution in [0.2, 0.25) is 0 Å². The van der Waals surface area contributed by atoms with Crippen LogP contribution in [-0.4, -0.2) is 75.6 Å². The van der Waals surface area contributed by atoms with Crippen molar-refractivity contribution in [1.29, 1.82) is 0 Å². The molecule has 8 atom stereocenters. The van der Waals surface area contributed by atoms with Gasteiger partial charge in [0.2, 0.25) is 0 Å². The van der Waals surface area contributed by atoms with Crippen LogP contribution in [-0.2, 0) is 9.47 Å². The fourth-order valence-corrected chi connectivity index (χ4v) is 4.22. The molecule has 0 aromatic heterocycles. The van der Waals surface area contributed by atoms with Crippen molar-refractivity contribution in [3.05, 3.63) is 11.6 Å². The third-order valence-corrected chi connectivity index (χ3v) is 5.89. The lowest BCUT2D eigenvalue weighted by atomic mass is 9.48. The summed E-state index contributed by atoms with van der Waals surface area (Å²) >= 11 is 0. The second-order valence-electron chi connectivity index (χ2n) is 7.41. The van der Waals surface area contributed by atoms with Crippen LogP contribution in [0.4, 0.5) is 0 Å². The standard InChI is InChI=1S/C16H26O7/c1-16(2)8-4-9(16)10(3-7(8)5-17)22-15-14(21)13(20)12(19)11(6-18)23-15/h3,8-15,17-21H,4-6H2,1-2H3. The molecule has 7 heteroatoms. The highest BCUT2D eigenvalue weighted by atomic mass is 16.7. The van der Waals surface area contributed by atoms with E-state index in [9.17, 15) is 25.5 Å². The lowest BCUT2D eigenvalue weighted by Crippen LogP contribution is -2.62. The molecule has 0 aromatic carbocycles. The average Bonchev–Trinajstić information content (AvgIpc) is 2.54. The largest absolute Gasteiger partial charge is 0.394 e. The zero-order valence-electron chi connectivity index (χ0n) is 13.4. The maximum absolute atomic E-state index is 10.1. The molecule has 5 N–H and O–H groups in total. The Morgan fingerprint density at radius 2 is 1.87 bits per heavy atom. The van der Waals surface area contributed by atoms with Crippen LogP contribution in [0.5, 0.6) is 0 Å². The number of hydrogen-bond donors (Lipinski definition) is 5. The summed E-state index contributed by atoms with van der Waals surface area (Å²) in [4.78, 5) is 0. The van der Waals surface area contributed by atoms with E-state index in [1.807, 2.05) is 6.08 Å². The summed E-state index contributed by atoms with van der Waals surface area (Å²) in [6.45, 7) is 3.73. The highest BCUT2D eigenvalue weighted by molar-refractivity contribution is 5.27. The number of ether oxygens (including phenoxy) is 2. The summed E-state index contributed by atoms with van der Waals surface area (Å²) < 4.78 is 11.3. The SMILES string of the molecule is CC1(C)C2CC1C(OC1OC(CO)C(O)C(O)C1O)C=C2CO. The molecule has 23 heavy (non-hydrogen) atoms. The molecule has 1 heterocycles. The average molecular weight is 330 g/mol.